The van der Waals surface area contributed by atoms with E-state index in [0.717, 1.165) is 25.0 Å². The van der Waals surface area contributed by atoms with Gasteiger partial charge in [-0.25, -0.2) is 4.98 Å². The summed E-state index contributed by atoms with van der Waals surface area (Å²) in [6.45, 7) is 5.32. The molecule has 1 atom stereocenters. The van der Waals surface area contributed by atoms with Gasteiger partial charge in [0.1, 0.15) is 5.82 Å². The van der Waals surface area contributed by atoms with Gasteiger partial charge in [-0.05, 0) is 55.8 Å². The van der Waals surface area contributed by atoms with Gasteiger partial charge in [0, 0.05) is 25.3 Å². The number of aromatic nitrogens is 1. The Morgan fingerprint density at radius 1 is 1.25 bits per heavy atom. The van der Waals surface area contributed by atoms with Gasteiger partial charge in [0.2, 0.25) is 0 Å². The summed E-state index contributed by atoms with van der Waals surface area (Å²) in [5, 5.41) is 3.40. The second-order valence-corrected chi connectivity index (χ2v) is 6.25. The minimum atomic E-state index is 0.749. The Morgan fingerprint density at radius 2 is 2.10 bits per heavy atom. The first-order chi connectivity index (χ1) is 9.88. The lowest BCUT2D eigenvalue weighted by Gasteiger charge is -2.30. The van der Waals surface area contributed by atoms with Crippen LogP contribution in [0.4, 0.5) is 5.82 Å². The van der Waals surface area contributed by atoms with Crippen molar-refractivity contribution in [2.45, 2.75) is 58.0 Å². The van der Waals surface area contributed by atoms with Crippen LogP contribution < -0.4 is 10.2 Å². The second kappa shape index (κ2) is 6.57. The molecule has 0 amide bonds. The summed E-state index contributed by atoms with van der Waals surface area (Å²) in [6.07, 6.45) is 10.4. The van der Waals surface area contributed by atoms with Crippen molar-refractivity contribution in [3.63, 3.8) is 0 Å². The lowest BCUT2D eigenvalue weighted by molar-refractivity contribution is 0.429. The monoisotopic (exact) mass is 273 g/mol. The minimum absolute atomic E-state index is 0.749. The maximum Gasteiger partial charge on any atom is 0.129 e. The molecule has 1 aliphatic heterocycles. The van der Waals surface area contributed by atoms with Crippen LogP contribution in [0, 0.1) is 5.92 Å². The fourth-order valence-corrected chi connectivity index (χ4v) is 3.91. The summed E-state index contributed by atoms with van der Waals surface area (Å²) in [6, 6.07) is 5.17. The molecule has 1 aliphatic carbocycles. The first kappa shape index (κ1) is 13.9. The van der Waals surface area contributed by atoms with E-state index >= 15 is 0 Å². The number of pyridine rings is 1. The predicted molar refractivity (Wildman–Crippen MR) is 83.9 cm³/mol. The van der Waals surface area contributed by atoms with Crippen molar-refractivity contribution in [1.29, 1.82) is 0 Å². The topological polar surface area (TPSA) is 28.2 Å². The van der Waals surface area contributed by atoms with Crippen LogP contribution in [0.25, 0.3) is 0 Å². The van der Waals surface area contributed by atoms with Gasteiger partial charge in [-0.2, -0.15) is 0 Å². The molecule has 1 saturated heterocycles. The Bertz CT molecular complexity index is 426. The lowest BCUT2D eigenvalue weighted by Crippen LogP contribution is -2.35. The molecule has 0 bridgehead atoms. The van der Waals surface area contributed by atoms with Gasteiger partial charge in [-0.3, -0.25) is 0 Å². The predicted octanol–water partition coefficient (Wildman–Crippen LogP) is 3.35. The molecule has 2 fully saturated rings. The molecule has 1 N–H and O–H groups in total. The Hall–Kier alpha value is -1.09. The Balaban J connectivity index is 1.73. The second-order valence-electron chi connectivity index (χ2n) is 6.25. The summed E-state index contributed by atoms with van der Waals surface area (Å²) < 4.78 is 0. The molecule has 20 heavy (non-hydrogen) atoms. The van der Waals surface area contributed by atoms with E-state index in [1.807, 2.05) is 6.20 Å². The number of nitrogens with one attached hydrogen (secondary N) is 1. The van der Waals surface area contributed by atoms with Crippen molar-refractivity contribution < 1.29 is 0 Å². The number of hydrogen-bond donors (Lipinski definition) is 1. The van der Waals surface area contributed by atoms with Gasteiger partial charge in [0.25, 0.3) is 0 Å². The number of nitrogens with zero attached hydrogens (tertiary/aromatic N) is 2. The van der Waals surface area contributed by atoms with Crippen LogP contribution in [0.1, 0.15) is 51.0 Å². The van der Waals surface area contributed by atoms with Crippen molar-refractivity contribution in [3.8, 4) is 0 Å². The molecule has 2 aliphatic rings. The van der Waals surface area contributed by atoms with Crippen molar-refractivity contribution in [2.75, 3.05) is 18.0 Å². The molecule has 2 heterocycles. The summed E-state index contributed by atoms with van der Waals surface area (Å²) in [5.74, 6) is 2.12. The van der Waals surface area contributed by atoms with Crippen molar-refractivity contribution >= 4 is 5.82 Å². The van der Waals surface area contributed by atoms with Crippen LogP contribution in [0.3, 0.4) is 0 Å². The van der Waals surface area contributed by atoms with Gasteiger partial charge < -0.3 is 10.2 Å². The van der Waals surface area contributed by atoms with Crippen molar-refractivity contribution in [2.24, 2.45) is 5.92 Å². The van der Waals surface area contributed by atoms with Gasteiger partial charge in [0.15, 0.2) is 0 Å². The average molecular weight is 273 g/mol. The number of rotatable bonds is 5. The largest absolute Gasteiger partial charge is 0.353 e. The van der Waals surface area contributed by atoms with E-state index < -0.39 is 0 Å². The zero-order chi connectivity index (χ0) is 13.8. The fraction of sp³-hybridized carbons (Fsp3) is 0.706. The van der Waals surface area contributed by atoms with Gasteiger partial charge in [0.05, 0.1) is 0 Å². The maximum absolute atomic E-state index is 4.65. The molecule has 0 aromatic carbocycles. The molecule has 1 unspecified atom stereocenters. The van der Waals surface area contributed by atoms with Crippen LogP contribution in [0.5, 0.6) is 0 Å². The smallest absolute Gasteiger partial charge is 0.129 e. The molecule has 3 rings (SSSR count). The van der Waals surface area contributed by atoms with Crippen LogP contribution in [-0.2, 0) is 6.54 Å². The van der Waals surface area contributed by atoms with Crippen LogP contribution in [0.15, 0.2) is 18.3 Å². The highest BCUT2D eigenvalue weighted by Gasteiger charge is 2.33. The standard InChI is InChI=1S/C17H27N3/c1-2-18-13-14-9-10-19-17(12-14)20-11-5-8-16(20)15-6-3-4-7-15/h9-10,12,15-16,18H,2-8,11,13H2,1H3. The molecule has 1 aromatic heterocycles. The van der Waals surface area contributed by atoms with E-state index in [0.29, 0.717) is 0 Å². The maximum atomic E-state index is 4.65. The molecule has 3 heteroatoms. The first-order valence-electron chi connectivity index (χ1n) is 8.31. The van der Waals surface area contributed by atoms with E-state index in [1.54, 1.807) is 0 Å². The zero-order valence-electron chi connectivity index (χ0n) is 12.6. The van der Waals surface area contributed by atoms with Crippen molar-refractivity contribution in [1.82, 2.24) is 10.3 Å². The third-order valence-corrected chi connectivity index (χ3v) is 4.93. The van der Waals surface area contributed by atoms with Crippen molar-refractivity contribution in [3.05, 3.63) is 23.9 Å². The number of anilines is 1. The molecular weight excluding hydrogens is 246 g/mol. The average Bonchev–Trinajstić information content (AvgIpc) is 3.15. The first-order valence-corrected chi connectivity index (χ1v) is 8.31. The summed E-state index contributed by atoms with van der Waals surface area (Å²) >= 11 is 0. The fourth-order valence-electron chi connectivity index (χ4n) is 3.91. The highest BCUT2D eigenvalue weighted by atomic mass is 15.2. The summed E-state index contributed by atoms with van der Waals surface area (Å²) in [7, 11) is 0. The highest BCUT2D eigenvalue weighted by Crippen LogP contribution is 2.37. The molecule has 0 radical (unpaired) electrons. The third-order valence-electron chi connectivity index (χ3n) is 4.93. The lowest BCUT2D eigenvalue weighted by atomic mass is 9.96. The van der Waals surface area contributed by atoms with E-state index in [2.05, 4.69) is 34.3 Å². The summed E-state index contributed by atoms with van der Waals surface area (Å²) in [4.78, 5) is 7.24. The Kier molecular flexibility index (Phi) is 4.56. The van der Waals surface area contributed by atoms with Gasteiger partial charge in [-0.15, -0.1) is 0 Å². The van der Waals surface area contributed by atoms with E-state index in [9.17, 15) is 0 Å². The Morgan fingerprint density at radius 3 is 2.90 bits per heavy atom. The minimum Gasteiger partial charge on any atom is -0.353 e. The molecule has 1 saturated carbocycles. The van der Waals surface area contributed by atoms with E-state index in [-0.39, 0.29) is 0 Å². The van der Waals surface area contributed by atoms with Crippen LogP contribution in [0.2, 0.25) is 0 Å². The normalized spacial score (nSPS) is 23.6. The van der Waals surface area contributed by atoms with Gasteiger partial charge in [-0.1, -0.05) is 19.8 Å². The third kappa shape index (κ3) is 2.98. The van der Waals surface area contributed by atoms with Crippen LogP contribution >= 0.6 is 0 Å². The molecule has 1 aromatic rings. The molecular formula is C17H27N3. The quantitative estimate of drug-likeness (QED) is 0.891. The number of hydrogen-bond acceptors (Lipinski definition) is 3. The van der Waals surface area contributed by atoms with Crippen LogP contribution in [-0.4, -0.2) is 24.1 Å². The van der Waals surface area contributed by atoms with E-state index in [4.69, 9.17) is 0 Å². The SMILES string of the molecule is CCNCc1ccnc(N2CCCC2C2CCCC2)c1. The molecule has 0 spiro atoms. The highest BCUT2D eigenvalue weighted by molar-refractivity contribution is 5.43. The van der Waals surface area contributed by atoms with Gasteiger partial charge >= 0.3 is 0 Å². The Labute approximate surface area is 122 Å². The van der Waals surface area contributed by atoms with E-state index in [1.165, 1.54) is 56.5 Å². The molecule has 3 nitrogen and oxygen atoms in total. The molecule has 110 valence electrons. The summed E-state index contributed by atoms with van der Waals surface area (Å²) in [5.41, 5.74) is 1.36. The zero-order valence-corrected chi connectivity index (χ0v) is 12.6.